The standard InChI is InChI=1S/C22H26N4OS/c1-5-18-23-15(3)19-14(2)20(28-21(19)24-18)22(27)26-12-11-25(4)13-17(26)16-9-7-6-8-10-16/h6-10,17H,5,11-13H2,1-4H3/t17-/m0/s1. The highest BCUT2D eigenvalue weighted by molar-refractivity contribution is 7.20. The van der Waals surface area contributed by atoms with E-state index in [9.17, 15) is 4.79 Å². The molecule has 6 heteroatoms. The molecular weight excluding hydrogens is 368 g/mol. The van der Waals surface area contributed by atoms with E-state index < -0.39 is 0 Å². The van der Waals surface area contributed by atoms with Crippen LogP contribution in [0.5, 0.6) is 0 Å². The second kappa shape index (κ2) is 7.60. The zero-order chi connectivity index (χ0) is 19.8. The van der Waals surface area contributed by atoms with E-state index >= 15 is 0 Å². The minimum absolute atomic E-state index is 0.0652. The van der Waals surface area contributed by atoms with Gasteiger partial charge in [-0.1, -0.05) is 37.3 Å². The van der Waals surface area contributed by atoms with Gasteiger partial charge in [0.15, 0.2) is 0 Å². The van der Waals surface area contributed by atoms with E-state index in [2.05, 4.69) is 41.0 Å². The molecule has 1 amide bonds. The summed E-state index contributed by atoms with van der Waals surface area (Å²) in [7, 11) is 2.12. The monoisotopic (exact) mass is 394 g/mol. The lowest BCUT2D eigenvalue weighted by Gasteiger charge is -2.40. The summed E-state index contributed by atoms with van der Waals surface area (Å²) in [6.45, 7) is 8.56. The van der Waals surface area contributed by atoms with Crippen molar-refractivity contribution in [1.29, 1.82) is 0 Å². The van der Waals surface area contributed by atoms with E-state index in [1.54, 1.807) is 0 Å². The van der Waals surface area contributed by atoms with E-state index in [4.69, 9.17) is 0 Å². The summed E-state index contributed by atoms with van der Waals surface area (Å²) in [4.78, 5) is 29.0. The van der Waals surface area contributed by atoms with Gasteiger partial charge in [0.1, 0.15) is 10.7 Å². The Labute approximate surface area is 170 Å². The number of benzene rings is 1. The number of piperazine rings is 1. The SMILES string of the molecule is CCc1nc(C)c2c(C)c(C(=O)N3CCN(C)C[C@H]3c3ccccc3)sc2n1. The molecule has 1 aromatic carbocycles. The number of hydrogen-bond acceptors (Lipinski definition) is 5. The van der Waals surface area contributed by atoms with Crippen molar-refractivity contribution in [3.8, 4) is 0 Å². The molecule has 28 heavy (non-hydrogen) atoms. The van der Waals surface area contributed by atoms with Crippen LogP contribution in [0.3, 0.4) is 0 Å². The topological polar surface area (TPSA) is 49.3 Å². The van der Waals surface area contributed by atoms with Gasteiger partial charge in [0, 0.05) is 37.1 Å². The van der Waals surface area contributed by atoms with Gasteiger partial charge >= 0.3 is 0 Å². The summed E-state index contributed by atoms with van der Waals surface area (Å²) in [5, 5.41) is 1.04. The molecule has 0 spiro atoms. The van der Waals surface area contributed by atoms with Crippen molar-refractivity contribution in [1.82, 2.24) is 19.8 Å². The van der Waals surface area contributed by atoms with Crippen LogP contribution in [0.15, 0.2) is 30.3 Å². The highest BCUT2D eigenvalue weighted by Gasteiger charge is 2.33. The molecule has 4 rings (SSSR count). The van der Waals surface area contributed by atoms with Crippen molar-refractivity contribution >= 4 is 27.5 Å². The Bertz CT molecular complexity index is 1010. The van der Waals surface area contributed by atoms with Gasteiger partial charge < -0.3 is 9.80 Å². The molecule has 2 aromatic heterocycles. The molecule has 0 saturated carbocycles. The van der Waals surface area contributed by atoms with E-state index in [0.717, 1.165) is 58.2 Å². The second-order valence-corrected chi connectivity index (χ2v) is 8.50. The average Bonchev–Trinajstić information content (AvgIpc) is 3.05. The molecule has 0 radical (unpaired) electrons. The molecular formula is C22H26N4OS. The zero-order valence-electron chi connectivity index (χ0n) is 16.9. The number of rotatable bonds is 3. The van der Waals surface area contributed by atoms with Crippen molar-refractivity contribution in [3.05, 3.63) is 57.9 Å². The van der Waals surface area contributed by atoms with Gasteiger partial charge in [-0.25, -0.2) is 9.97 Å². The van der Waals surface area contributed by atoms with Crippen LogP contribution in [-0.4, -0.2) is 52.4 Å². The first-order valence-electron chi connectivity index (χ1n) is 9.80. The van der Waals surface area contributed by atoms with Gasteiger partial charge in [-0.2, -0.15) is 0 Å². The fourth-order valence-electron chi connectivity index (χ4n) is 4.01. The third-order valence-electron chi connectivity index (χ3n) is 5.56. The van der Waals surface area contributed by atoms with Crippen molar-refractivity contribution in [2.24, 2.45) is 0 Å². The summed E-state index contributed by atoms with van der Waals surface area (Å²) < 4.78 is 0. The van der Waals surface area contributed by atoms with Gasteiger partial charge in [0.25, 0.3) is 5.91 Å². The zero-order valence-corrected chi connectivity index (χ0v) is 17.7. The van der Waals surface area contributed by atoms with Gasteiger partial charge in [-0.15, -0.1) is 11.3 Å². The highest BCUT2D eigenvalue weighted by atomic mass is 32.1. The van der Waals surface area contributed by atoms with Crippen LogP contribution in [0, 0.1) is 13.8 Å². The minimum atomic E-state index is 0.0652. The van der Waals surface area contributed by atoms with E-state index in [0.29, 0.717) is 0 Å². The average molecular weight is 395 g/mol. The van der Waals surface area contributed by atoms with Crippen molar-refractivity contribution in [2.75, 3.05) is 26.7 Å². The Balaban J connectivity index is 1.75. The minimum Gasteiger partial charge on any atom is -0.328 e. The molecule has 0 unspecified atom stereocenters. The summed E-state index contributed by atoms with van der Waals surface area (Å²) >= 11 is 1.51. The Hall–Kier alpha value is -2.31. The predicted octanol–water partition coefficient (Wildman–Crippen LogP) is 4.00. The summed E-state index contributed by atoms with van der Waals surface area (Å²) in [5.41, 5.74) is 3.16. The second-order valence-electron chi connectivity index (χ2n) is 7.50. The van der Waals surface area contributed by atoms with E-state index in [1.807, 2.05) is 36.9 Å². The Morgan fingerprint density at radius 2 is 1.93 bits per heavy atom. The fourth-order valence-corrected chi connectivity index (χ4v) is 5.22. The molecule has 1 aliphatic rings. The fraction of sp³-hybridized carbons (Fsp3) is 0.409. The van der Waals surface area contributed by atoms with Crippen LogP contribution < -0.4 is 0 Å². The first kappa shape index (κ1) is 19.0. The molecule has 0 N–H and O–H groups in total. The molecule has 1 saturated heterocycles. The number of carbonyl (C=O) groups excluding carboxylic acids is 1. The first-order valence-corrected chi connectivity index (χ1v) is 10.6. The summed E-state index contributed by atoms with van der Waals surface area (Å²) in [5.74, 6) is 0.951. The van der Waals surface area contributed by atoms with E-state index in [-0.39, 0.29) is 11.9 Å². The maximum absolute atomic E-state index is 13.6. The van der Waals surface area contributed by atoms with Crippen molar-refractivity contribution in [3.63, 3.8) is 0 Å². The van der Waals surface area contributed by atoms with Crippen LogP contribution in [-0.2, 0) is 6.42 Å². The Kier molecular flexibility index (Phi) is 5.17. The molecule has 1 fully saturated rings. The summed E-state index contributed by atoms with van der Waals surface area (Å²) in [6.07, 6.45) is 0.797. The van der Waals surface area contributed by atoms with Crippen LogP contribution >= 0.6 is 11.3 Å². The van der Waals surface area contributed by atoms with Gasteiger partial charge in [0.2, 0.25) is 0 Å². The number of likely N-dealkylation sites (N-methyl/N-ethyl adjacent to an activating group) is 1. The third kappa shape index (κ3) is 3.31. The smallest absolute Gasteiger partial charge is 0.264 e. The van der Waals surface area contributed by atoms with Crippen molar-refractivity contribution in [2.45, 2.75) is 33.2 Å². The van der Waals surface area contributed by atoms with Crippen LogP contribution in [0.2, 0.25) is 0 Å². The maximum atomic E-state index is 13.6. The molecule has 146 valence electrons. The molecule has 0 aliphatic carbocycles. The summed E-state index contributed by atoms with van der Waals surface area (Å²) in [6, 6.07) is 10.4. The maximum Gasteiger partial charge on any atom is 0.264 e. The first-order chi connectivity index (χ1) is 13.5. The number of amides is 1. The molecule has 1 aliphatic heterocycles. The number of aryl methyl sites for hydroxylation is 3. The van der Waals surface area contributed by atoms with Crippen molar-refractivity contribution < 1.29 is 4.79 Å². The number of fused-ring (bicyclic) bond motifs is 1. The highest BCUT2D eigenvalue weighted by Crippen LogP contribution is 2.35. The number of nitrogens with zero attached hydrogens (tertiary/aromatic N) is 4. The van der Waals surface area contributed by atoms with Crippen LogP contribution in [0.1, 0.15) is 45.3 Å². The Morgan fingerprint density at radius 3 is 2.64 bits per heavy atom. The predicted molar refractivity (Wildman–Crippen MR) is 114 cm³/mol. The lowest BCUT2D eigenvalue weighted by atomic mass is 10.0. The molecule has 1 atom stereocenters. The molecule has 0 bridgehead atoms. The van der Waals surface area contributed by atoms with Gasteiger partial charge in [0.05, 0.1) is 10.9 Å². The quantitative estimate of drug-likeness (QED) is 0.674. The lowest BCUT2D eigenvalue weighted by molar-refractivity contribution is 0.0502. The number of thiophene rings is 1. The number of carbonyl (C=O) groups is 1. The number of aromatic nitrogens is 2. The largest absolute Gasteiger partial charge is 0.328 e. The third-order valence-corrected chi connectivity index (χ3v) is 6.73. The van der Waals surface area contributed by atoms with E-state index in [1.165, 1.54) is 16.9 Å². The van der Waals surface area contributed by atoms with Gasteiger partial charge in [-0.05, 0) is 32.0 Å². The normalized spacial score (nSPS) is 18.0. The van der Waals surface area contributed by atoms with Gasteiger partial charge in [-0.3, -0.25) is 4.79 Å². The molecule has 3 heterocycles. The molecule has 5 nitrogen and oxygen atoms in total. The van der Waals surface area contributed by atoms with Crippen LogP contribution in [0.4, 0.5) is 0 Å². The number of hydrogen-bond donors (Lipinski definition) is 0. The van der Waals surface area contributed by atoms with Crippen LogP contribution in [0.25, 0.3) is 10.2 Å². The lowest BCUT2D eigenvalue weighted by Crippen LogP contribution is -2.49. The Morgan fingerprint density at radius 1 is 1.18 bits per heavy atom. The molecule has 3 aromatic rings.